The lowest BCUT2D eigenvalue weighted by molar-refractivity contribution is -0.130. The maximum Gasteiger partial charge on any atom is 0.242 e. The van der Waals surface area contributed by atoms with Crippen LogP contribution < -0.4 is 4.90 Å². The highest BCUT2D eigenvalue weighted by Gasteiger charge is 2.40. The SMILES string of the molecule is Cc1ccccc1-n1nc(C(C)(C)C)c2c1N(CC(=O)N1CCCC1)C(=O)CSC2c1ccsc1. The number of aromatic nitrogens is 2. The Morgan fingerprint density at radius 2 is 1.89 bits per heavy atom. The molecule has 0 spiro atoms. The van der Waals surface area contributed by atoms with Gasteiger partial charge in [-0.3, -0.25) is 14.5 Å². The van der Waals surface area contributed by atoms with Crippen molar-refractivity contribution in [2.75, 3.05) is 30.3 Å². The fraction of sp³-hybridized carbons (Fsp3) is 0.444. The lowest BCUT2D eigenvalue weighted by Crippen LogP contribution is -2.43. The summed E-state index contributed by atoms with van der Waals surface area (Å²) in [4.78, 5) is 30.6. The van der Waals surface area contributed by atoms with Gasteiger partial charge < -0.3 is 4.90 Å². The van der Waals surface area contributed by atoms with Gasteiger partial charge >= 0.3 is 0 Å². The number of rotatable bonds is 4. The van der Waals surface area contributed by atoms with Gasteiger partial charge in [0.2, 0.25) is 11.8 Å². The molecular weight excluding hydrogens is 476 g/mol. The molecule has 0 radical (unpaired) electrons. The van der Waals surface area contributed by atoms with Crippen molar-refractivity contribution in [3.05, 3.63) is 63.5 Å². The minimum Gasteiger partial charge on any atom is -0.341 e. The molecule has 1 saturated heterocycles. The number of hydrogen-bond acceptors (Lipinski definition) is 5. The van der Waals surface area contributed by atoms with E-state index in [0.717, 1.165) is 54.3 Å². The molecule has 35 heavy (non-hydrogen) atoms. The summed E-state index contributed by atoms with van der Waals surface area (Å²) in [6.07, 6.45) is 2.05. The largest absolute Gasteiger partial charge is 0.341 e. The Hall–Kier alpha value is -2.58. The Morgan fingerprint density at radius 3 is 2.54 bits per heavy atom. The molecule has 2 amide bonds. The lowest BCUT2D eigenvalue weighted by atomic mass is 9.87. The summed E-state index contributed by atoms with van der Waals surface area (Å²) >= 11 is 3.30. The number of carbonyl (C=O) groups excluding carboxylic acids is 2. The lowest BCUT2D eigenvalue weighted by Gasteiger charge is -2.26. The molecule has 1 unspecified atom stereocenters. The number of amides is 2. The number of carbonyl (C=O) groups is 2. The molecule has 1 aromatic carbocycles. The Kier molecular flexibility index (Phi) is 6.53. The van der Waals surface area contributed by atoms with E-state index in [1.165, 1.54) is 5.56 Å². The standard InChI is InChI=1S/C27H32N4O2S2/c1-18-9-5-6-10-20(18)31-26-23(25(28-31)27(2,3)4)24(19-11-14-34-16-19)35-17-22(33)30(26)15-21(32)29-12-7-8-13-29/h5-6,9-11,14,16,24H,7-8,12-13,15,17H2,1-4H3. The molecule has 0 aliphatic carbocycles. The van der Waals surface area contributed by atoms with E-state index >= 15 is 0 Å². The second-order valence-electron chi connectivity index (χ2n) is 10.3. The molecule has 2 aromatic heterocycles. The summed E-state index contributed by atoms with van der Waals surface area (Å²) < 4.78 is 1.92. The average Bonchev–Trinajstić information content (AvgIpc) is 3.57. The molecule has 0 bridgehead atoms. The third-order valence-electron chi connectivity index (χ3n) is 6.74. The van der Waals surface area contributed by atoms with Crippen LogP contribution in [0.5, 0.6) is 0 Å². The van der Waals surface area contributed by atoms with E-state index in [-0.39, 0.29) is 29.0 Å². The number of aryl methyl sites for hydroxylation is 1. The first-order chi connectivity index (χ1) is 16.8. The molecule has 1 fully saturated rings. The molecular formula is C27H32N4O2S2. The zero-order chi connectivity index (χ0) is 24.7. The van der Waals surface area contributed by atoms with Crippen molar-refractivity contribution in [1.82, 2.24) is 14.7 Å². The Labute approximate surface area is 215 Å². The van der Waals surface area contributed by atoms with Crippen LogP contribution in [0.2, 0.25) is 0 Å². The van der Waals surface area contributed by atoms with Gasteiger partial charge in [0.05, 0.1) is 22.4 Å². The number of para-hydroxylation sites is 1. The van der Waals surface area contributed by atoms with E-state index in [9.17, 15) is 9.59 Å². The molecule has 2 aliphatic rings. The molecule has 1 atom stereocenters. The zero-order valence-electron chi connectivity index (χ0n) is 20.8. The van der Waals surface area contributed by atoms with Crippen LogP contribution in [0.15, 0.2) is 41.1 Å². The predicted molar refractivity (Wildman–Crippen MR) is 144 cm³/mol. The van der Waals surface area contributed by atoms with Gasteiger partial charge in [0, 0.05) is 24.1 Å². The van der Waals surface area contributed by atoms with Crippen molar-refractivity contribution in [1.29, 1.82) is 0 Å². The Morgan fingerprint density at radius 1 is 1.14 bits per heavy atom. The number of hydrogen-bond donors (Lipinski definition) is 0. The minimum absolute atomic E-state index is 0.00984. The first kappa shape index (κ1) is 24.1. The Balaban J connectivity index is 1.75. The molecule has 4 heterocycles. The topological polar surface area (TPSA) is 58.4 Å². The summed E-state index contributed by atoms with van der Waals surface area (Å²) in [7, 11) is 0. The van der Waals surface area contributed by atoms with Crippen LogP contribution in [0.3, 0.4) is 0 Å². The normalized spacial score (nSPS) is 18.6. The van der Waals surface area contributed by atoms with E-state index in [1.54, 1.807) is 28.0 Å². The van der Waals surface area contributed by atoms with E-state index in [1.807, 2.05) is 27.8 Å². The van der Waals surface area contributed by atoms with Gasteiger partial charge in [-0.1, -0.05) is 39.0 Å². The van der Waals surface area contributed by atoms with Crippen LogP contribution in [0, 0.1) is 6.92 Å². The average molecular weight is 509 g/mol. The number of thiophene rings is 1. The van der Waals surface area contributed by atoms with Crippen LogP contribution in [0.25, 0.3) is 5.69 Å². The van der Waals surface area contributed by atoms with E-state index in [0.29, 0.717) is 5.75 Å². The highest BCUT2D eigenvalue weighted by atomic mass is 32.2. The van der Waals surface area contributed by atoms with Crippen LogP contribution in [0.1, 0.15) is 61.2 Å². The fourth-order valence-corrected chi connectivity index (χ4v) is 6.89. The predicted octanol–water partition coefficient (Wildman–Crippen LogP) is 5.33. The first-order valence-electron chi connectivity index (χ1n) is 12.2. The van der Waals surface area contributed by atoms with Crippen LogP contribution >= 0.6 is 23.1 Å². The van der Waals surface area contributed by atoms with Gasteiger partial charge in [-0.25, -0.2) is 4.68 Å². The maximum atomic E-state index is 13.7. The molecule has 2 aliphatic heterocycles. The second-order valence-corrected chi connectivity index (χ2v) is 12.2. The smallest absolute Gasteiger partial charge is 0.242 e. The van der Waals surface area contributed by atoms with Crippen molar-refractivity contribution in [3.8, 4) is 5.69 Å². The number of fused-ring (bicyclic) bond motifs is 1. The van der Waals surface area contributed by atoms with Crippen molar-refractivity contribution in [2.45, 2.75) is 51.2 Å². The minimum atomic E-state index is -0.245. The number of anilines is 1. The van der Waals surface area contributed by atoms with Crippen molar-refractivity contribution < 1.29 is 9.59 Å². The van der Waals surface area contributed by atoms with Gasteiger partial charge in [-0.2, -0.15) is 16.4 Å². The monoisotopic (exact) mass is 508 g/mol. The molecule has 8 heteroatoms. The Bertz CT molecular complexity index is 1240. The van der Waals surface area contributed by atoms with Crippen molar-refractivity contribution in [2.24, 2.45) is 0 Å². The maximum absolute atomic E-state index is 13.7. The number of benzene rings is 1. The quantitative estimate of drug-likeness (QED) is 0.478. The van der Waals surface area contributed by atoms with Crippen LogP contribution in [0.4, 0.5) is 5.82 Å². The second kappa shape index (κ2) is 9.47. The third kappa shape index (κ3) is 4.54. The zero-order valence-corrected chi connectivity index (χ0v) is 22.4. The van der Waals surface area contributed by atoms with E-state index < -0.39 is 0 Å². The summed E-state index contributed by atoms with van der Waals surface area (Å²) in [6, 6.07) is 10.2. The molecule has 184 valence electrons. The van der Waals surface area contributed by atoms with E-state index in [4.69, 9.17) is 5.10 Å². The highest BCUT2D eigenvalue weighted by molar-refractivity contribution is 8.00. The number of likely N-dealkylation sites (tertiary alicyclic amines) is 1. The van der Waals surface area contributed by atoms with E-state index in [2.05, 4.69) is 50.6 Å². The summed E-state index contributed by atoms with van der Waals surface area (Å²) in [6.45, 7) is 10.1. The summed E-state index contributed by atoms with van der Waals surface area (Å²) in [5, 5.41) is 9.39. The van der Waals surface area contributed by atoms with Gasteiger partial charge in [-0.15, -0.1) is 11.8 Å². The summed E-state index contributed by atoms with van der Waals surface area (Å²) in [5.41, 5.74) is 4.95. The first-order valence-corrected chi connectivity index (χ1v) is 14.2. The molecule has 3 aromatic rings. The van der Waals surface area contributed by atoms with Crippen LogP contribution in [-0.2, 0) is 15.0 Å². The highest BCUT2D eigenvalue weighted by Crippen LogP contribution is 2.49. The molecule has 6 nitrogen and oxygen atoms in total. The molecule has 5 rings (SSSR count). The number of nitrogens with zero attached hydrogens (tertiary/aromatic N) is 4. The van der Waals surface area contributed by atoms with Gasteiger partial charge in [0.25, 0.3) is 0 Å². The summed E-state index contributed by atoms with van der Waals surface area (Å²) in [5.74, 6) is 1.02. The van der Waals surface area contributed by atoms with Gasteiger partial charge in [0.15, 0.2) is 0 Å². The van der Waals surface area contributed by atoms with Gasteiger partial charge in [0.1, 0.15) is 12.4 Å². The van der Waals surface area contributed by atoms with Crippen LogP contribution in [-0.4, -0.2) is 51.9 Å². The van der Waals surface area contributed by atoms with Gasteiger partial charge in [-0.05, 0) is 53.8 Å². The third-order valence-corrected chi connectivity index (χ3v) is 8.70. The van der Waals surface area contributed by atoms with Crippen molar-refractivity contribution in [3.63, 3.8) is 0 Å². The molecule has 0 saturated carbocycles. The molecule has 0 N–H and O–H groups in total. The van der Waals surface area contributed by atoms with Crippen molar-refractivity contribution >= 4 is 40.7 Å². The fourth-order valence-electron chi connectivity index (χ4n) is 4.93. The number of thioether (sulfide) groups is 1.